The Kier molecular flexibility index (Phi) is 6.92. The number of ketones is 1. The van der Waals surface area contributed by atoms with Crippen LogP contribution in [0.1, 0.15) is 46.6 Å². The van der Waals surface area contributed by atoms with Gasteiger partial charge < -0.3 is 9.42 Å². The lowest BCUT2D eigenvalue weighted by Crippen LogP contribution is -2.42. The van der Waals surface area contributed by atoms with E-state index >= 15 is 0 Å². The fourth-order valence-electron chi connectivity index (χ4n) is 4.14. The number of likely N-dealkylation sites (tertiary alicyclic amines) is 1. The highest BCUT2D eigenvalue weighted by atomic mass is 16.5. The van der Waals surface area contributed by atoms with Crippen molar-refractivity contribution in [3.63, 3.8) is 0 Å². The summed E-state index contributed by atoms with van der Waals surface area (Å²) < 4.78 is 5.34. The van der Waals surface area contributed by atoms with Crippen molar-refractivity contribution in [2.45, 2.75) is 38.5 Å². The standard InChI is InChI=1S/C26H28N2O3/c29-24(16-14-21-10-5-2-6-11-21)22-12-7-17-28(19-22)26(30)25-18-23(27-31-25)15-13-20-8-3-1-4-9-20/h1-6,8-11,18,22H,7,12-17,19H2/t22-/m0/s1. The van der Waals surface area contributed by atoms with E-state index in [1.165, 1.54) is 11.1 Å². The number of nitrogens with zero attached hydrogens (tertiary/aromatic N) is 2. The highest BCUT2D eigenvalue weighted by Gasteiger charge is 2.30. The summed E-state index contributed by atoms with van der Waals surface area (Å²) in [6.45, 7) is 1.12. The summed E-state index contributed by atoms with van der Waals surface area (Å²) in [5.74, 6) is 0.240. The molecule has 160 valence electrons. The van der Waals surface area contributed by atoms with Crippen molar-refractivity contribution >= 4 is 11.7 Å². The van der Waals surface area contributed by atoms with E-state index in [-0.39, 0.29) is 23.4 Å². The molecule has 0 spiro atoms. The monoisotopic (exact) mass is 416 g/mol. The fraction of sp³-hybridized carbons (Fsp3) is 0.346. The second-order valence-corrected chi connectivity index (χ2v) is 8.21. The molecule has 1 aliphatic heterocycles. The molecule has 0 N–H and O–H groups in total. The Morgan fingerprint density at radius 1 is 0.935 bits per heavy atom. The minimum absolute atomic E-state index is 0.0955. The van der Waals surface area contributed by atoms with Gasteiger partial charge >= 0.3 is 0 Å². The second kappa shape index (κ2) is 10.2. The molecule has 2 aromatic carbocycles. The quantitative estimate of drug-likeness (QED) is 0.542. The minimum Gasteiger partial charge on any atom is -0.351 e. The number of rotatable bonds is 8. The molecule has 1 saturated heterocycles. The number of carbonyl (C=O) groups is 2. The van der Waals surface area contributed by atoms with E-state index in [1.54, 1.807) is 11.0 Å². The largest absolute Gasteiger partial charge is 0.351 e. The number of piperidine rings is 1. The summed E-state index contributed by atoms with van der Waals surface area (Å²) in [7, 11) is 0. The van der Waals surface area contributed by atoms with Crippen LogP contribution >= 0.6 is 0 Å². The van der Waals surface area contributed by atoms with Crippen LogP contribution in [0.3, 0.4) is 0 Å². The van der Waals surface area contributed by atoms with Gasteiger partial charge in [-0.3, -0.25) is 9.59 Å². The van der Waals surface area contributed by atoms with Crippen LogP contribution in [0.4, 0.5) is 0 Å². The first kappa shape index (κ1) is 21.0. The lowest BCUT2D eigenvalue weighted by Gasteiger charge is -2.31. The first-order valence-electron chi connectivity index (χ1n) is 11.0. The van der Waals surface area contributed by atoms with Crippen molar-refractivity contribution in [1.29, 1.82) is 0 Å². The van der Waals surface area contributed by atoms with Gasteiger partial charge in [-0.1, -0.05) is 65.8 Å². The van der Waals surface area contributed by atoms with Crippen LogP contribution in [0.25, 0.3) is 0 Å². The Balaban J connectivity index is 1.30. The SMILES string of the molecule is O=C(CCc1ccccc1)[C@H]1CCCN(C(=O)c2cc(CCc3ccccc3)no2)C1. The van der Waals surface area contributed by atoms with Gasteiger partial charge in [0.05, 0.1) is 5.69 Å². The number of hydrogen-bond acceptors (Lipinski definition) is 4. The summed E-state index contributed by atoms with van der Waals surface area (Å²) in [4.78, 5) is 27.4. The van der Waals surface area contributed by atoms with Crippen molar-refractivity contribution in [1.82, 2.24) is 10.1 Å². The van der Waals surface area contributed by atoms with Gasteiger partial charge in [-0.25, -0.2) is 0 Å². The molecule has 5 nitrogen and oxygen atoms in total. The number of hydrogen-bond donors (Lipinski definition) is 0. The molecule has 5 heteroatoms. The summed E-state index contributed by atoms with van der Waals surface area (Å²) in [5.41, 5.74) is 3.18. The summed E-state index contributed by atoms with van der Waals surface area (Å²) >= 11 is 0. The van der Waals surface area contributed by atoms with E-state index in [2.05, 4.69) is 17.3 Å². The van der Waals surface area contributed by atoms with Crippen LogP contribution in [0, 0.1) is 5.92 Å². The van der Waals surface area contributed by atoms with E-state index in [0.717, 1.165) is 37.8 Å². The average molecular weight is 417 g/mol. The van der Waals surface area contributed by atoms with Gasteiger partial charge in [0.1, 0.15) is 5.78 Å². The van der Waals surface area contributed by atoms with Gasteiger partial charge in [-0.15, -0.1) is 0 Å². The minimum atomic E-state index is -0.168. The Bertz CT molecular complexity index is 998. The molecule has 1 aromatic heterocycles. The Morgan fingerprint density at radius 3 is 2.32 bits per heavy atom. The van der Waals surface area contributed by atoms with Crippen LogP contribution in [-0.2, 0) is 24.1 Å². The number of Topliss-reactive ketones (excluding diaryl/α,β-unsaturated/α-hetero) is 1. The van der Waals surface area contributed by atoms with Gasteiger partial charge in [0.15, 0.2) is 0 Å². The molecule has 0 aliphatic carbocycles. The summed E-state index contributed by atoms with van der Waals surface area (Å²) in [6, 6.07) is 22.0. The molecule has 1 amide bonds. The van der Waals surface area contributed by atoms with Gasteiger partial charge in [-0.2, -0.15) is 0 Å². The maximum Gasteiger partial charge on any atom is 0.292 e. The van der Waals surface area contributed by atoms with Crippen LogP contribution in [-0.4, -0.2) is 34.8 Å². The molecule has 0 bridgehead atoms. The van der Waals surface area contributed by atoms with Gasteiger partial charge in [0, 0.05) is 31.5 Å². The zero-order chi connectivity index (χ0) is 21.5. The highest BCUT2D eigenvalue weighted by Crippen LogP contribution is 2.22. The van der Waals surface area contributed by atoms with Crippen molar-refractivity contribution in [2.75, 3.05) is 13.1 Å². The molecule has 1 fully saturated rings. The fourth-order valence-corrected chi connectivity index (χ4v) is 4.14. The zero-order valence-electron chi connectivity index (χ0n) is 17.7. The second-order valence-electron chi connectivity index (χ2n) is 8.21. The van der Waals surface area contributed by atoms with E-state index in [1.807, 2.05) is 48.5 Å². The summed E-state index contributed by atoms with van der Waals surface area (Å²) in [6.07, 6.45) is 4.52. The molecular weight excluding hydrogens is 388 g/mol. The van der Waals surface area contributed by atoms with Crippen molar-refractivity contribution in [3.8, 4) is 0 Å². The molecule has 2 heterocycles. The lowest BCUT2D eigenvalue weighted by molar-refractivity contribution is -0.124. The number of benzene rings is 2. The summed E-state index contributed by atoms with van der Waals surface area (Å²) in [5, 5.41) is 4.07. The van der Waals surface area contributed by atoms with Crippen LogP contribution in [0.2, 0.25) is 0 Å². The maximum absolute atomic E-state index is 12.9. The molecule has 31 heavy (non-hydrogen) atoms. The Morgan fingerprint density at radius 2 is 1.61 bits per heavy atom. The predicted molar refractivity (Wildman–Crippen MR) is 119 cm³/mol. The molecule has 1 aliphatic rings. The van der Waals surface area contributed by atoms with Gasteiger partial charge in [0.25, 0.3) is 5.91 Å². The van der Waals surface area contributed by atoms with Gasteiger partial charge in [0.2, 0.25) is 5.76 Å². The molecule has 0 unspecified atom stereocenters. The molecule has 0 saturated carbocycles. The molecule has 1 atom stereocenters. The number of amides is 1. The van der Waals surface area contributed by atoms with E-state index in [9.17, 15) is 9.59 Å². The topological polar surface area (TPSA) is 63.4 Å². The number of carbonyl (C=O) groups excluding carboxylic acids is 2. The molecule has 4 rings (SSSR count). The molecular formula is C26H28N2O3. The van der Waals surface area contributed by atoms with Crippen LogP contribution < -0.4 is 0 Å². The predicted octanol–water partition coefficient (Wildman–Crippen LogP) is 4.51. The van der Waals surface area contributed by atoms with E-state index < -0.39 is 0 Å². The smallest absolute Gasteiger partial charge is 0.292 e. The number of aryl methyl sites for hydroxylation is 3. The Hall–Kier alpha value is -3.21. The normalized spacial score (nSPS) is 16.3. The van der Waals surface area contributed by atoms with Crippen molar-refractivity contribution in [3.05, 3.63) is 89.3 Å². The third-order valence-electron chi connectivity index (χ3n) is 5.95. The Labute approximate surface area is 183 Å². The molecule has 3 aromatic rings. The van der Waals surface area contributed by atoms with Gasteiger partial charge in [-0.05, 0) is 43.2 Å². The number of aromatic nitrogens is 1. The van der Waals surface area contributed by atoms with Crippen LogP contribution in [0.15, 0.2) is 71.3 Å². The third kappa shape index (κ3) is 5.69. The van der Waals surface area contributed by atoms with Crippen molar-refractivity contribution in [2.24, 2.45) is 5.92 Å². The highest BCUT2D eigenvalue weighted by molar-refractivity contribution is 5.92. The van der Waals surface area contributed by atoms with E-state index in [4.69, 9.17) is 4.52 Å². The van der Waals surface area contributed by atoms with Crippen LogP contribution in [0.5, 0.6) is 0 Å². The maximum atomic E-state index is 12.9. The third-order valence-corrected chi connectivity index (χ3v) is 5.95. The lowest BCUT2D eigenvalue weighted by atomic mass is 9.90. The first-order valence-corrected chi connectivity index (χ1v) is 11.0. The zero-order valence-corrected chi connectivity index (χ0v) is 17.7. The average Bonchev–Trinajstić information content (AvgIpc) is 3.31. The van der Waals surface area contributed by atoms with Crippen molar-refractivity contribution < 1.29 is 14.1 Å². The first-order chi connectivity index (χ1) is 15.2. The molecule has 0 radical (unpaired) electrons. The van der Waals surface area contributed by atoms with E-state index in [0.29, 0.717) is 19.5 Å².